The van der Waals surface area contributed by atoms with Gasteiger partial charge >= 0.3 is 6.09 Å². The van der Waals surface area contributed by atoms with Gasteiger partial charge in [0.05, 0.1) is 0 Å². The molecule has 0 saturated carbocycles. The predicted octanol–water partition coefficient (Wildman–Crippen LogP) is 3.13. The van der Waals surface area contributed by atoms with Gasteiger partial charge < -0.3 is 16.2 Å². The molecule has 0 atom stereocenters. The van der Waals surface area contributed by atoms with Gasteiger partial charge in [0.2, 0.25) is 0 Å². The highest BCUT2D eigenvalue weighted by atomic mass is 16.6. The number of anilines is 1. The first-order valence-electron chi connectivity index (χ1n) is 8.39. The lowest BCUT2D eigenvalue weighted by molar-refractivity contribution is 0.0310. The maximum absolute atomic E-state index is 10.9. The van der Waals surface area contributed by atoms with Crippen molar-refractivity contribution in [1.82, 2.24) is 4.90 Å². The second-order valence-electron chi connectivity index (χ2n) is 7.18. The van der Waals surface area contributed by atoms with Crippen LogP contribution in [-0.4, -0.2) is 29.7 Å². The van der Waals surface area contributed by atoms with E-state index in [-0.39, 0.29) is 0 Å². The zero-order chi connectivity index (χ0) is 16.9. The first-order chi connectivity index (χ1) is 10.8. The summed E-state index contributed by atoms with van der Waals surface area (Å²) in [5, 5.41) is 0. The molecule has 5 heteroatoms. The Morgan fingerprint density at radius 1 is 1.26 bits per heavy atom. The Labute approximate surface area is 139 Å². The van der Waals surface area contributed by atoms with Crippen LogP contribution in [0.15, 0.2) is 24.3 Å². The standard InChI is InChI=1S/C18H29N3O2/c1-18(2,23-17(20)22)10-7-14-8-11-21(12-9-14)13-15-3-5-16(19)6-4-15/h3-6,14H,7-13,19H2,1-2H3,(H2,20,22). The van der Waals surface area contributed by atoms with E-state index >= 15 is 0 Å². The molecule has 0 bridgehead atoms. The Morgan fingerprint density at radius 3 is 2.43 bits per heavy atom. The van der Waals surface area contributed by atoms with Crippen molar-refractivity contribution in [2.24, 2.45) is 11.7 Å². The van der Waals surface area contributed by atoms with E-state index in [1.54, 1.807) is 0 Å². The summed E-state index contributed by atoms with van der Waals surface area (Å²) < 4.78 is 5.16. The van der Waals surface area contributed by atoms with Gasteiger partial charge in [-0.05, 0) is 76.2 Å². The van der Waals surface area contributed by atoms with Gasteiger partial charge in [0.1, 0.15) is 5.60 Å². The van der Waals surface area contributed by atoms with Gasteiger partial charge in [0.25, 0.3) is 0 Å². The quantitative estimate of drug-likeness (QED) is 0.789. The normalized spacial score (nSPS) is 17.1. The number of benzene rings is 1. The molecule has 1 fully saturated rings. The number of amides is 1. The number of ether oxygens (including phenoxy) is 1. The summed E-state index contributed by atoms with van der Waals surface area (Å²) in [6, 6.07) is 8.13. The monoisotopic (exact) mass is 319 g/mol. The van der Waals surface area contributed by atoms with Gasteiger partial charge in [0, 0.05) is 12.2 Å². The van der Waals surface area contributed by atoms with Crippen LogP contribution in [-0.2, 0) is 11.3 Å². The first kappa shape index (κ1) is 17.6. The fraction of sp³-hybridized carbons (Fsp3) is 0.611. The maximum Gasteiger partial charge on any atom is 0.405 e. The lowest BCUT2D eigenvalue weighted by Crippen LogP contribution is -2.35. The summed E-state index contributed by atoms with van der Waals surface area (Å²) in [5.41, 5.74) is 12.5. The minimum atomic E-state index is -0.687. The number of nitrogens with two attached hydrogens (primary N) is 2. The Bertz CT molecular complexity index is 506. The number of nitrogen functional groups attached to an aromatic ring is 1. The van der Waals surface area contributed by atoms with Gasteiger partial charge in [-0.2, -0.15) is 0 Å². The van der Waals surface area contributed by atoms with Crippen molar-refractivity contribution in [3.8, 4) is 0 Å². The Hall–Kier alpha value is -1.75. The summed E-state index contributed by atoms with van der Waals surface area (Å²) in [6.07, 6.45) is 3.64. The molecule has 1 heterocycles. The summed E-state index contributed by atoms with van der Waals surface area (Å²) in [4.78, 5) is 13.4. The number of hydrogen-bond donors (Lipinski definition) is 2. The fourth-order valence-electron chi connectivity index (χ4n) is 3.19. The molecule has 0 aliphatic carbocycles. The van der Waals surface area contributed by atoms with Gasteiger partial charge in [-0.25, -0.2) is 4.79 Å². The third kappa shape index (κ3) is 6.10. The van der Waals surface area contributed by atoms with Crippen molar-refractivity contribution < 1.29 is 9.53 Å². The minimum Gasteiger partial charge on any atom is -0.444 e. The molecule has 1 aromatic carbocycles. The summed E-state index contributed by atoms with van der Waals surface area (Å²) in [6.45, 7) is 7.07. The molecule has 5 nitrogen and oxygen atoms in total. The molecule has 0 spiro atoms. The van der Waals surface area contributed by atoms with Crippen molar-refractivity contribution in [2.75, 3.05) is 18.8 Å². The molecule has 1 aliphatic heterocycles. The number of likely N-dealkylation sites (tertiary alicyclic amines) is 1. The largest absolute Gasteiger partial charge is 0.444 e. The average Bonchev–Trinajstić information content (AvgIpc) is 2.48. The summed E-state index contributed by atoms with van der Waals surface area (Å²) in [5.74, 6) is 0.702. The van der Waals surface area contributed by atoms with E-state index < -0.39 is 11.7 Å². The van der Waals surface area contributed by atoms with E-state index in [1.807, 2.05) is 26.0 Å². The first-order valence-corrected chi connectivity index (χ1v) is 8.39. The molecule has 23 heavy (non-hydrogen) atoms. The number of piperidine rings is 1. The van der Waals surface area contributed by atoms with E-state index in [9.17, 15) is 4.79 Å². The lowest BCUT2D eigenvalue weighted by Gasteiger charge is -2.33. The zero-order valence-corrected chi connectivity index (χ0v) is 14.3. The Balaban J connectivity index is 1.71. The van der Waals surface area contributed by atoms with Crippen LogP contribution in [0.2, 0.25) is 0 Å². The van der Waals surface area contributed by atoms with Gasteiger partial charge in [0.15, 0.2) is 0 Å². The maximum atomic E-state index is 10.9. The highest BCUT2D eigenvalue weighted by molar-refractivity contribution is 5.65. The summed E-state index contributed by atoms with van der Waals surface area (Å²) in [7, 11) is 0. The number of primary amides is 1. The van der Waals surface area contributed by atoms with E-state index in [2.05, 4.69) is 17.0 Å². The molecule has 0 aromatic heterocycles. The third-order valence-electron chi connectivity index (χ3n) is 4.62. The number of rotatable bonds is 6. The molecule has 0 unspecified atom stereocenters. The molecule has 1 amide bonds. The highest BCUT2D eigenvalue weighted by Gasteiger charge is 2.25. The average molecular weight is 319 g/mol. The fourth-order valence-corrected chi connectivity index (χ4v) is 3.19. The van der Waals surface area contributed by atoms with Gasteiger partial charge in [-0.1, -0.05) is 12.1 Å². The van der Waals surface area contributed by atoms with Gasteiger partial charge in [-0.15, -0.1) is 0 Å². The molecule has 0 radical (unpaired) electrons. The van der Waals surface area contributed by atoms with E-state index in [0.29, 0.717) is 5.92 Å². The highest BCUT2D eigenvalue weighted by Crippen LogP contribution is 2.27. The van der Waals surface area contributed by atoms with Crippen molar-refractivity contribution in [1.29, 1.82) is 0 Å². The topological polar surface area (TPSA) is 81.6 Å². The van der Waals surface area contributed by atoms with E-state index in [1.165, 1.54) is 18.4 Å². The van der Waals surface area contributed by atoms with Crippen LogP contribution in [0, 0.1) is 5.92 Å². The Kier molecular flexibility index (Phi) is 5.88. The Morgan fingerprint density at radius 2 is 1.87 bits per heavy atom. The predicted molar refractivity (Wildman–Crippen MR) is 92.8 cm³/mol. The smallest absolute Gasteiger partial charge is 0.405 e. The minimum absolute atomic E-state index is 0.465. The molecule has 1 saturated heterocycles. The van der Waals surface area contributed by atoms with Crippen LogP contribution < -0.4 is 11.5 Å². The lowest BCUT2D eigenvalue weighted by atomic mass is 9.88. The number of carbonyl (C=O) groups is 1. The number of carbonyl (C=O) groups excluding carboxylic acids is 1. The molecule has 2 rings (SSSR count). The van der Waals surface area contributed by atoms with Crippen LogP contribution >= 0.6 is 0 Å². The second-order valence-corrected chi connectivity index (χ2v) is 7.18. The van der Waals surface area contributed by atoms with Crippen molar-refractivity contribution in [3.05, 3.63) is 29.8 Å². The SMILES string of the molecule is CC(C)(CCC1CCN(Cc2ccc(N)cc2)CC1)OC(N)=O. The van der Waals surface area contributed by atoms with Crippen LogP contribution in [0.1, 0.15) is 45.1 Å². The molecule has 4 N–H and O–H groups in total. The van der Waals surface area contributed by atoms with Crippen molar-refractivity contribution in [2.45, 2.75) is 51.7 Å². The van der Waals surface area contributed by atoms with Crippen LogP contribution in [0.25, 0.3) is 0 Å². The van der Waals surface area contributed by atoms with E-state index in [4.69, 9.17) is 16.2 Å². The van der Waals surface area contributed by atoms with Crippen LogP contribution in [0.4, 0.5) is 10.5 Å². The van der Waals surface area contributed by atoms with Crippen LogP contribution in [0.5, 0.6) is 0 Å². The number of nitrogens with zero attached hydrogens (tertiary/aromatic N) is 1. The number of hydrogen-bond acceptors (Lipinski definition) is 4. The zero-order valence-electron chi connectivity index (χ0n) is 14.3. The molecular weight excluding hydrogens is 290 g/mol. The van der Waals surface area contributed by atoms with Gasteiger partial charge in [-0.3, -0.25) is 4.90 Å². The third-order valence-corrected chi connectivity index (χ3v) is 4.62. The molecule has 1 aliphatic rings. The molecule has 1 aromatic rings. The van der Waals surface area contributed by atoms with Crippen LogP contribution in [0.3, 0.4) is 0 Å². The van der Waals surface area contributed by atoms with Crippen molar-refractivity contribution in [3.63, 3.8) is 0 Å². The molecular formula is C18H29N3O2. The van der Waals surface area contributed by atoms with E-state index in [0.717, 1.165) is 38.2 Å². The van der Waals surface area contributed by atoms with Crippen molar-refractivity contribution >= 4 is 11.8 Å². The molecule has 128 valence electrons. The second kappa shape index (κ2) is 7.68. The summed E-state index contributed by atoms with van der Waals surface area (Å²) >= 11 is 0.